The molecule has 0 aliphatic carbocycles. The van der Waals surface area contributed by atoms with Crippen LogP contribution < -0.4 is 5.73 Å². The number of hydrogen-bond donors (Lipinski definition) is 1. The third-order valence-electron chi connectivity index (χ3n) is 1.87. The third-order valence-corrected chi connectivity index (χ3v) is 3.16. The maximum atomic E-state index is 5.87. The van der Waals surface area contributed by atoms with Crippen LogP contribution in [0.2, 0.25) is 4.34 Å². The van der Waals surface area contributed by atoms with E-state index in [9.17, 15) is 0 Å². The standard InChI is InChI=1S/C10H14ClNS/c1-7(2)8(5-6-12)9-3-4-10(11)13-9/h3-4H,5-6,12H2,1-2H3. The molecule has 3 heteroatoms. The Balaban J connectivity index is 2.96. The Kier molecular flexibility index (Phi) is 3.97. The first-order valence-corrected chi connectivity index (χ1v) is 5.46. The van der Waals surface area contributed by atoms with Crippen LogP contribution in [-0.2, 0) is 0 Å². The van der Waals surface area contributed by atoms with Crippen LogP contribution in [0.25, 0.3) is 5.57 Å². The van der Waals surface area contributed by atoms with E-state index in [4.69, 9.17) is 17.3 Å². The highest BCUT2D eigenvalue weighted by Gasteiger charge is 2.05. The number of allylic oxidation sites excluding steroid dienone is 1. The van der Waals surface area contributed by atoms with Gasteiger partial charge in [0, 0.05) is 4.88 Å². The Labute approximate surface area is 88.2 Å². The van der Waals surface area contributed by atoms with Gasteiger partial charge in [0.15, 0.2) is 0 Å². The van der Waals surface area contributed by atoms with Crippen LogP contribution in [0.15, 0.2) is 17.7 Å². The highest BCUT2D eigenvalue weighted by Crippen LogP contribution is 2.31. The molecule has 1 aromatic rings. The van der Waals surface area contributed by atoms with Gasteiger partial charge in [0.05, 0.1) is 4.34 Å². The first-order chi connectivity index (χ1) is 6.15. The molecule has 2 N–H and O–H groups in total. The minimum Gasteiger partial charge on any atom is -0.330 e. The number of nitrogens with two attached hydrogens (primary N) is 1. The summed E-state index contributed by atoms with van der Waals surface area (Å²) in [5.74, 6) is 0. The summed E-state index contributed by atoms with van der Waals surface area (Å²) in [5, 5.41) is 0. The summed E-state index contributed by atoms with van der Waals surface area (Å²) in [7, 11) is 0. The van der Waals surface area contributed by atoms with Crippen molar-refractivity contribution in [1.29, 1.82) is 0 Å². The normalized spacial score (nSPS) is 10.2. The molecular formula is C10H14ClNS. The van der Waals surface area contributed by atoms with Crippen LogP contribution in [0.1, 0.15) is 25.1 Å². The second-order valence-corrected chi connectivity index (χ2v) is 4.84. The molecule has 0 aliphatic rings. The zero-order valence-corrected chi connectivity index (χ0v) is 9.50. The van der Waals surface area contributed by atoms with E-state index in [-0.39, 0.29) is 0 Å². The third kappa shape index (κ3) is 2.83. The van der Waals surface area contributed by atoms with Gasteiger partial charge in [-0.05, 0) is 44.5 Å². The fraction of sp³-hybridized carbons (Fsp3) is 0.400. The monoisotopic (exact) mass is 215 g/mol. The molecule has 0 spiro atoms. The van der Waals surface area contributed by atoms with E-state index >= 15 is 0 Å². The van der Waals surface area contributed by atoms with Crippen LogP contribution in [0.3, 0.4) is 0 Å². The van der Waals surface area contributed by atoms with E-state index < -0.39 is 0 Å². The lowest BCUT2D eigenvalue weighted by Crippen LogP contribution is -2.00. The minimum absolute atomic E-state index is 0.691. The summed E-state index contributed by atoms with van der Waals surface area (Å²) in [5.41, 5.74) is 8.20. The Morgan fingerprint density at radius 3 is 2.54 bits per heavy atom. The van der Waals surface area contributed by atoms with Crippen LogP contribution in [-0.4, -0.2) is 6.54 Å². The highest BCUT2D eigenvalue weighted by atomic mass is 35.5. The Hall–Kier alpha value is -0.310. The number of rotatable bonds is 3. The fourth-order valence-corrected chi connectivity index (χ4v) is 2.46. The SMILES string of the molecule is CC(C)=C(CCN)c1ccc(Cl)s1. The molecule has 0 saturated carbocycles. The summed E-state index contributed by atoms with van der Waals surface area (Å²) in [6.07, 6.45) is 0.930. The molecule has 0 atom stereocenters. The van der Waals surface area contributed by atoms with Crippen molar-refractivity contribution in [2.24, 2.45) is 5.73 Å². The van der Waals surface area contributed by atoms with Gasteiger partial charge < -0.3 is 5.73 Å². The Morgan fingerprint density at radius 2 is 2.15 bits per heavy atom. The van der Waals surface area contributed by atoms with Crippen LogP contribution in [0.4, 0.5) is 0 Å². The lowest BCUT2D eigenvalue weighted by Gasteiger charge is -2.05. The van der Waals surface area contributed by atoms with Crippen molar-refractivity contribution >= 4 is 28.5 Å². The van der Waals surface area contributed by atoms with Gasteiger partial charge in [-0.15, -0.1) is 11.3 Å². The smallest absolute Gasteiger partial charge is 0.0934 e. The topological polar surface area (TPSA) is 26.0 Å². The van der Waals surface area contributed by atoms with Crippen molar-refractivity contribution in [3.63, 3.8) is 0 Å². The van der Waals surface area contributed by atoms with E-state index in [0.717, 1.165) is 10.8 Å². The Bertz CT molecular complexity index is 310. The van der Waals surface area contributed by atoms with Gasteiger partial charge in [-0.3, -0.25) is 0 Å². The summed E-state index contributed by atoms with van der Waals surface area (Å²) >= 11 is 7.49. The predicted octanol–water partition coefficient (Wildman–Crippen LogP) is 3.54. The van der Waals surface area contributed by atoms with Crippen molar-refractivity contribution < 1.29 is 0 Å². The van der Waals surface area contributed by atoms with Gasteiger partial charge in [0.25, 0.3) is 0 Å². The predicted molar refractivity (Wildman–Crippen MR) is 61.3 cm³/mol. The van der Waals surface area contributed by atoms with E-state index in [2.05, 4.69) is 19.9 Å². The first kappa shape index (κ1) is 10.8. The van der Waals surface area contributed by atoms with Crippen molar-refractivity contribution in [3.8, 4) is 0 Å². The molecule has 0 radical (unpaired) electrons. The molecule has 0 unspecified atom stereocenters. The van der Waals surface area contributed by atoms with E-state index in [0.29, 0.717) is 6.54 Å². The fourth-order valence-electron chi connectivity index (χ4n) is 1.24. The number of thiophene rings is 1. The molecule has 0 bridgehead atoms. The van der Waals surface area contributed by atoms with E-state index in [1.165, 1.54) is 16.0 Å². The molecule has 0 amide bonds. The lowest BCUT2D eigenvalue weighted by atomic mass is 10.1. The molecule has 0 fully saturated rings. The van der Waals surface area contributed by atoms with E-state index in [1.54, 1.807) is 11.3 Å². The molecule has 13 heavy (non-hydrogen) atoms. The maximum absolute atomic E-state index is 5.87. The molecule has 72 valence electrons. The molecule has 1 aromatic heterocycles. The van der Waals surface area contributed by atoms with Crippen molar-refractivity contribution in [2.75, 3.05) is 6.54 Å². The molecule has 0 saturated heterocycles. The zero-order valence-electron chi connectivity index (χ0n) is 7.93. The Morgan fingerprint density at radius 1 is 1.46 bits per heavy atom. The molecule has 1 heterocycles. The van der Waals surface area contributed by atoms with Crippen molar-refractivity contribution in [1.82, 2.24) is 0 Å². The van der Waals surface area contributed by atoms with Crippen LogP contribution >= 0.6 is 22.9 Å². The largest absolute Gasteiger partial charge is 0.330 e. The first-order valence-electron chi connectivity index (χ1n) is 4.27. The minimum atomic E-state index is 0.691. The zero-order chi connectivity index (χ0) is 9.84. The van der Waals surface area contributed by atoms with Gasteiger partial charge >= 0.3 is 0 Å². The second-order valence-electron chi connectivity index (χ2n) is 3.12. The van der Waals surface area contributed by atoms with Gasteiger partial charge in [0.2, 0.25) is 0 Å². The summed E-state index contributed by atoms with van der Waals surface area (Å²) < 4.78 is 0.839. The van der Waals surface area contributed by atoms with Gasteiger partial charge in [-0.2, -0.15) is 0 Å². The second kappa shape index (κ2) is 4.80. The van der Waals surface area contributed by atoms with Crippen LogP contribution in [0.5, 0.6) is 0 Å². The molecule has 0 aromatic carbocycles. The number of hydrogen-bond acceptors (Lipinski definition) is 2. The van der Waals surface area contributed by atoms with Crippen molar-refractivity contribution in [3.05, 3.63) is 26.9 Å². The van der Waals surface area contributed by atoms with Crippen molar-refractivity contribution in [2.45, 2.75) is 20.3 Å². The molecule has 1 nitrogen and oxygen atoms in total. The quantitative estimate of drug-likeness (QED) is 0.820. The molecule has 0 aliphatic heterocycles. The maximum Gasteiger partial charge on any atom is 0.0934 e. The van der Waals surface area contributed by atoms with E-state index in [1.807, 2.05) is 6.07 Å². The summed E-state index contributed by atoms with van der Waals surface area (Å²) in [6.45, 7) is 4.91. The summed E-state index contributed by atoms with van der Waals surface area (Å²) in [4.78, 5) is 1.25. The van der Waals surface area contributed by atoms with Gasteiger partial charge in [0.1, 0.15) is 0 Å². The van der Waals surface area contributed by atoms with Gasteiger partial charge in [-0.25, -0.2) is 0 Å². The average Bonchev–Trinajstić information content (AvgIpc) is 2.46. The molecular weight excluding hydrogens is 202 g/mol. The average molecular weight is 216 g/mol. The summed E-state index contributed by atoms with van der Waals surface area (Å²) in [6, 6.07) is 3.99. The molecule has 1 rings (SSSR count). The number of halogens is 1. The van der Waals surface area contributed by atoms with Crippen LogP contribution in [0, 0.1) is 0 Å². The highest BCUT2D eigenvalue weighted by molar-refractivity contribution is 7.17. The lowest BCUT2D eigenvalue weighted by molar-refractivity contribution is 1.01. The van der Waals surface area contributed by atoms with Gasteiger partial charge in [-0.1, -0.05) is 17.2 Å².